The highest BCUT2D eigenvalue weighted by Gasteiger charge is 2.65. The first-order valence-electron chi connectivity index (χ1n) is 12.6. The molecule has 0 amide bonds. The van der Waals surface area contributed by atoms with Gasteiger partial charge in [0.15, 0.2) is 0 Å². The lowest BCUT2D eigenvalue weighted by atomic mass is 9.41. The largest absolute Gasteiger partial charge is 0.396 e. The SMILES string of the molecule is CC[C@H]1[C@@H](N=O)C2C(CC[C@]3(C)[C@@H]([C@H](C)CCO)CC[C@@H]23)C2(C)CC[C@@H](N=O)C[C@@H]12. The predicted molar refractivity (Wildman–Crippen MR) is 120 cm³/mol. The van der Waals surface area contributed by atoms with Crippen molar-refractivity contribution in [3.05, 3.63) is 9.81 Å². The van der Waals surface area contributed by atoms with Crippen LogP contribution in [0.5, 0.6) is 0 Å². The van der Waals surface area contributed by atoms with Gasteiger partial charge in [-0.05, 0) is 104 Å². The topological polar surface area (TPSA) is 79.1 Å². The molecule has 0 heterocycles. The first kappa shape index (κ1) is 22.4. The summed E-state index contributed by atoms with van der Waals surface area (Å²) in [5.74, 6) is 3.37. The molecule has 4 fully saturated rings. The molecule has 4 saturated carbocycles. The molecule has 30 heavy (non-hydrogen) atoms. The van der Waals surface area contributed by atoms with Crippen molar-refractivity contribution in [3.8, 4) is 0 Å². The van der Waals surface area contributed by atoms with E-state index in [1.165, 1.54) is 25.7 Å². The van der Waals surface area contributed by atoms with Crippen LogP contribution in [0.15, 0.2) is 10.4 Å². The lowest BCUT2D eigenvalue weighted by Gasteiger charge is -2.64. The lowest BCUT2D eigenvalue weighted by molar-refractivity contribution is -0.149. The number of aliphatic hydroxyl groups is 1. The number of hydrogen-bond donors (Lipinski definition) is 1. The van der Waals surface area contributed by atoms with Crippen LogP contribution < -0.4 is 0 Å². The number of aliphatic hydroxyl groups excluding tert-OH is 1. The van der Waals surface area contributed by atoms with Gasteiger partial charge in [-0.25, -0.2) is 0 Å². The Bertz CT molecular complexity index is 656. The first-order valence-corrected chi connectivity index (χ1v) is 12.6. The summed E-state index contributed by atoms with van der Waals surface area (Å²) in [7, 11) is 0. The van der Waals surface area contributed by atoms with E-state index in [2.05, 4.69) is 38.0 Å². The van der Waals surface area contributed by atoms with E-state index in [0.29, 0.717) is 35.5 Å². The molecule has 1 N–H and O–H groups in total. The predicted octanol–water partition coefficient (Wildman–Crippen LogP) is 6.18. The summed E-state index contributed by atoms with van der Waals surface area (Å²) in [5.41, 5.74) is 0.478. The molecule has 0 aromatic rings. The van der Waals surface area contributed by atoms with Gasteiger partial charge in [0.1, 0.15) is 0 Å². The van der Waals surface area contributed by atoms with Crippen molar-refractivity contribution in [3.63, 3.8) is 0 Å². The molecule has 0 aliphatic heterocycles. The summed E-state index contributed by atoms with van der Waals surface area (Å²) >= 11 is 0. The number of rotatable bonds is 6. The van der Waals surface area contributed by atoms with E-state index in [4.69, 9.17) is 0 Å². The summed E-state index contributed by atoms with van der Waals surface area (Å²) in [6.07, 6.45) is 9.55. The van der Waals surface area contributed by atoms with Crippen molar-refractivity contribution in [1.29, 1.82) is 0 Å². The maximum atomic E-state index is 12.4. The Labute approximate surface area is 182 Å². The van der Waals surface area contributed by atoms with Gasteiger partial charge >= 0.3 is 0 Å². The van der Waals surface area contributed by atoms with Gasteiger partial charge in [-0.2, -0.15) is 9.81 Å². The van der Waals surface area contributed by atoms with E-state index in [-0.39, 0.29) is 35.4 Å². The minimum atomic E-state index is -0.111. The van der Waals surface area contributed by atoms with Gasteiger partial charge in [0, 0.05) is 6.61 Å². The van der Waals surface area contributed by atoms with Crippen molar-refractivity contribution in [2.75, 3.05) is 6.61 Å². The average molecular weight is 419 g/mol. The fraction of sp³-hybridized carbons (Fsp3) is 1.00. The third kappa shape index (κ3) is 3.12. The monoisotopic (exact) mass is 418 g/mol. The van der Waals surface area contributed by atoms with Crippen molar-refractivity contribution in [1.82, 2.24) is 0 Å². The molecule has 3 unspecified atom stereocenters. The van der Waals surface area contributed by atoms with Crippen LogP contribution in [0.1, 0.15) is 85.5 Å². The maximum Gasteiger partial charge on any atom is 0.0984 e. The first-order chi connectivity index (χ1) is 14.4. The summed E-state index contributed by atoms with van der Waals surface area (Å²) in [4.78, 5) is 23.7. The highest BCUT2D eigenvalue weighted by Crippen LogP contribution is 2.70. The fourth-order valence-electron chi connectivity index (χ4n) is 9.58. The van der Waals surface area contributed by atoms with Crippen LogP contribution in [0.25, 0.3) is 0 Å². The Morgan fingerprint density at radius 1 is 0.967 bits per heavy atom. The smallest absolute Gasteiger partial charge is 0.0984 e. The molecule has 170 valence electrons. The molecule has 0 aromatic carbocycles. The van der Waals surface area contributed by atoms with E-state index < -0.39 is 0 Å². The fourth-order valence-corrected chi connectivity index (χ4v) is 9.58. The molecule has 0 saturated heterocycles. The Kier molecular flexibility index (Phi) is 6.15. The zero-order valence-corrected chi connectivity index (χ0v) is 19.4. The Hall–Kier alpha value is -0.840. The van der Waals surface area contributed by atoms with Gasteiger partial charge in [0.25, 0.3) is 0 Å². The van der Waals surface area contributed by atoms with Crippen LogP contribution in [-0.2, 0) is 0 Å². The third-order valence-electron chi connectivity index (χ3n) is 11.0. The van der Waals surface area contributed by atoms with Gasteiger partial charge in [-0.3, -0.25) is 0 Å². The van der Waals surface area contributed by atoms with Gasteiger partial charge in [0.05, 0.1) is 12.1 Å². The molecule has 4 aliphatic carbocycles. The van der Waals surface area contributed by atoms with Crippen molar-refractivity contribution in [2.45, 2.75) is 97.6 Å². The molecular weight excluding hydrogens is 376 g/mol. The van der Waals surface area contributed by atoms with E-state index in [0.717, 1.165) is 32.1 Å². The van der Waals surface area contributed by atoms with Crippen molar-refractivity contribution < 1.29 is 5.11 Å². The maximum absolute atomic E-state index is 12.4. The molecule has 0 spiro atoms. The van der Waals surface area contributed by atoms with Crippen LogP contribution >= 0.6 is 0 Å². The molecule has 4 aliphatic rings. The second-order valence-electron chi connectivity index (χ2n) is 11.8. The molecule has 4 rings (SSSR count). The quantitative estimate of drug-likeness (QED) is 0.523. The highest BCUT2D eigenvalue weighted by atomic mass is 16.3. The second-order valence-corrected chi connectivity index (χ2v) is 11.8. The number of fused-ring (bicyclic) bond motifs is 5. The zero-order chi connectivity index (χ0) is 21.7. The summed E-state index contributed by atoms with van der Waals surface area (Å²) in [6, 6.07) is -0.190. The van der Waals surface area contributed by atoms with Crippen LogP contribution in [0, 0.1) is 62.1 Å². The van der Waals surface area contributed by atoms with Gasteiger partial charge in [-0.15, -0.1) is 0 Å². The van der Waals surface area contributed by atoms with Crippen molar-refractivity contribution >= 4 is 0 Å². The van der Waals surface area contributed by atoms with Gasteiger partial charge in [-0.1, -0.05) is 44.5 Å². The van der Waals surface area contributed by atoms with Crippen LogP contribution in [0.2, 0.25) is 0 Å². The molecule has 0 aromatic heterocycles. The van der Waals surface area contributed by atoms with Gasteiger partial charge in [0.2, 0.25) is 0 Å². The minimum absolute atomic E-state index is 0.0787. The number of hydrogen-bond acceptors (Lipinski definition) is 5. The van der Waals surface area contributed by atoms with Crippen molar-refractivity contribution in [2.24, 2.45) is 62.6 Å². The molecular formula is C25H42N2O3. The van der Waals surface area contributed by atoms with E-state index in [1.54, 1.807) is 0 Å². The Morgan fingerprint density at radius 2 is 1.67 bits per heavy atom. The van der Waals surface area contributed by atoms with E-state index in [9.17, 15) is 14.9 Å². The summed E-state index contributed by atoms with van der Waals surface area (Å²) in [6.45, 7) is 9.77. The second kappa shape index (κ2) is 8.26. The summed E-state index contributed by atoms with van der Waals surface area (Å²) < 4.78 is 0. The average Bonchev–Trinajstić information content (AvgIpc) is 3.09. The molecule has 5 heteroatoms. The van der Waals surface area contributed by atoms with E-state index in [1.807, 2.05) is 0 Å². The Balaban J connectivity index is 1.70. The molecule has 0 radical (unpaired) electrons. The highest BCUT2D eigenvalue weighted by molar-refractivity contribution is 5.15. The normalized spacial score (nSPS) is 51.4. The standard InChI is InChI=1S/C25H42N2O3/c1-5-17-21-14-16(26-29)8-11-25(21,4)20-9-12-24(3)18(15(2)10-13-28)6-7-19(24)22(20)23(17)27-30/h15-23,28H,5-14H2,1-4H3/t15-,16-,17-,18-,19+,20?,21+,22?,23-,24-,25?/m1/s1. The van der Waals surface area contributed by atoms with Crippen LogP contribution in [-0.4, -0.2) is 23.8 Å². The zero-order valence-electron chi connectivity index (χ0n) is 19.4. The Morgan fingerprint density at radius 3 is 2.30 bits per heavy atom. The third-order valence-corrected chi connectivity index (χ3v) is 11.0. The van der Waals surface area contributed by atoms with Crippen LogP contribution in [0.3, 0.4) is 0 Å². The van der Waals surface area contributed by atoms with Crippen LogP contribution in [0.4, 0.5) is 0 Å². The minimum Gasteiger partial charge on any atom is -0.396 e. The number of nitrogens with zero attached hydrogens (tertiary/aromatic N) is 2. The van der Waals surface area contributed by atoms with E-state index >= 15 is 0 Å². The lowest BCUT2D eigenvalue weighted by Crippen LogP contribution is -2.61. The molecule has 11 atom stereocenters. The number of nitroso groups, excluding NO2 is 2. The molecule has 5 nitrogen and oxygen atoms in total. The summed E-state index contributed by atoms with van der Waals surface area (Å²) in [5, 5.41) is 16.8. The van der Waals surface area contributed by atoms with Gasteiger partial charge < -0.3 is 5.11 Å². The molecule has 0 bridgehead atoms.